The van der Waals surface area contributed by atoms with Gasteiger partial charge >= 0.3 is 0 Å². The Labute approximate surface area is 153 Å². The molecule has 1 saturated heterocycles. The van der Waals surface area contributed by atoms with Crippen molar-refractivity contribution in [3.63, 3.8) is 0 Å². The molecule has 26 heavy (non-hydrogen) atoms. The Morgan fingerprint density at radius 2 is 2.27 bits per heavy atom. The van der Waals surface area contributed by atoms with Gasteiger partial charge in [0.15, 0.2) is 5.69 Å². The minimum absolute atomic E-state index is 0.0184. The summed E-state index contributed by atoms with van der Waals surface area (Å²) >= 11 is 0. The molecule has 3 heterocycles. The van der Waals surface area contributed by atoms with E-state index >= 15 is 0 Å². The molecule has 7 nitrogen and oxygen atoms in total. The van der Waals surface area contributed by atoms with E-state index in [0.717, 1.165) is 32.2 Å². The van der Waals surface area contributed by atoms with E-state index < -0.39 is 0 Å². The van der Waals surface area contributed by atoms with E-state index in [0.29, 0.717) is 29.6 Å². The number of pyridine rings is 1. The highest BCUT2D eigenvalue weighted by molar-refractivity contribution is 5.76. The number of likely N-dealkylation sites (tertiary alicyclic amines) is 1. The number of ether oxygens (including phenoxy) is 1. The molecule has 0 aliphatic carbocycles. The molecule has 140 valence electrons. The van der Waals surface area contributed by atoms with Crippen molar-refractivity contribution in [3.8, 4) is 17.3 Å². The summed E-state index contributed by atoms with van der Waals surface area (Å²) < 4.78 is 11.3. The van der Waals surface area contributed by atoms with E-state index in [-0.39, 0.29) is 18.1 Å². The Hall–Kier alpha value is -2.44. The van der Waals surface area contributed by atoms with Crippen LogP contribution in [0, 0.1) is 0 Å². The summed E-state index contributed by atoms with van der Waals surface area (Å²) in [5, 5.41) is 4.10. The molecule has 0 bridgehead atoms. The maximum absolute atomic E-state index is 12.4. The van der Waals surface area contributed by atoms with Crippen molar-refractivity contribution in [1.29, 1.82) is 0 Å². The lowest BCUT2D eigenvalue weighted by Gasteiger charge is -2.33. The minimum Gasteiger partial charge on any atom is -0.489 e. The van der Waals surface area contributed by atoms with Crippen LogP contribution in [-0.2, 0) is 4.79 Å². The van der Waals surface area contributed by atoms with Gasteiger partial charge < -0.3 is 14.2 Å². The zero-order valence-electron chi connectivity index (χ0n) is 15.6. The van der Waals surface area contributed by atoms with Crippen LogP contribution in [0.2, 0.25) is 0 Å². The van der Waals surface area contributed by atoms with Crippen LogP contribution >= 0.6 is 0 Å². The summed E-state index contributed by atoms with van der Waals surface area (Å²) in [7, 11) is 0. The van der Waals surface area contributed by atoms with Gasteiger partial charge in [-0.3, -0.25) is 4.79 Å². The average Bonchev–Trinajstić information content (AvgIpc) is 3.11. The highest BCUT2D eigenvalue weighted by Crippen LogP contribution is 2.33. The van der Waals surface area contributed by atoms with Crippen molar-refractivity contribution in [1.82, 2.24) is 20.0 Å². The monoisotopic (exact) mass is 358 g/mol. The van der Waals surface area contributed by atoms with Gasteiger partial charge in [0.05, 0.1) is 6.10 Å². The number of piperidine rings is 1. The van der Waals surface area contributed by atoms with Crippen LogP contribution in [0.3, 0.4) is 0 Å². The summed E-state index contributed by atoms with van der Waals surface area (Å²) in [4.78, 5) is 23.2. The SMILES string of the molecule is CCCC(=O)N1CCCCC1c1nc(-c2ncccc2OC(C)C)no1. The lowest BCUT2D eigenvalue weighted by atomic mass is 10.0. The van der Waals surface area contributed by atoms with E-state index in [4.69, 9.17) is 9.26 Å². The Bertz CT molecular complexity index is 744. The predicted molar refractivity (Wildman–Crippen MR) is 96.5 cm³/mol. The van der Waals surface area contributed by atoms with Crippen LogP contribution in [-0.4, -0.2) is 38.6 Å². The Morgan fingerprint density at radius 3 is 3.04 bits per heavy atom. The van der Waals surface area contributed by atoms with Crippen LogP contribution in [0.15, 0.2) is 22.9 Å². The molecular weight excluding hydrogens is 332 g/mol. The number of carbonyl (C=O) groups is 1. The summed E-state index contributed by atoms with van der Waals surface area (Å²) in [5.74, 6) is 1.64. The highest BCUT2D eigenvalue weighted by atomic mass is 16.5. The molecule has 1 unspecified atom stereocenters. The number of carbonyl (C=O) groups excluding carboxylic acids is 1. The predicted octanol–water partition coefficient (Wildman–Crippen LogP) is 3.77. The topological polar surface area (TPSA) is 81.4 Å². The van der Waals surface area contributed by atoms with Crippen LogP contribution in [0.4, 0.5) is 0 Å². The number of aromatic nitrogens is 3. The molecule has 2 aromatic rings. The molecule has 7 heteroatoms. The van der Waals surface area contributed by atoms with E-state index in [1.165, 1.54) is 0 Å². The van der Waals surface area contributed by atoms with Gasteiger partial charge in [-0.05, 0) is 51.7 Å². The smallest absolute Gasteiger partial charge is 0.249 e. The van der Waals surface area contributed by atoms with Crippen molar-refractivity contribution in [3.05, 3.63) is 24.2 Å². The standard InChI is InChI=1S/C19H26N4O3/c1-4-8-16(24)23-12-6-5-9-14(23)19-21-18(22-26-19)17-15(25-13(2)3)10-7-11-20-17/h7,10-11,13-14H,4-6,8-9,12H2,1-3H3. The largest absolute Gasteiger partial charge is 0.489 e. The third-order valence-electron chi connectivity index (χ3n) is 4.36. The fourth-order valence-electron chi connectivity index (χ4n) is 3.22. The molecule has 0 aromatic carbocycles. The van der Waals surface area contributed by atoms with Crippen molar-refractivity contribution < 1.29 is 14.1 Å². The molecule has 3 rings (SSSR count). The Balaban J connectivity index is 1.86. The third kappa shape index (κ3) is 4.03. The van der Waals surface area contributed by atoms with Crippen molar-refractivity contribution >= 4 is 5.91 Å². The van der Waals surface area contributed by atoms with Gasteiger partial charge in [0.25, 0.3) is 0 Å². The van der Waals surface area contributed by atoms with Crippen molar-refractivity contribution in [2.75, 3.05) is 6.54 Å². The van der Waals surface area contributed by atoms with E-state index in [1.54, 1.807) is 6.20 Å². The first-order valence-corrected chi connectivity index (χ1v) is 9.35. The van der Waals surface area contributed by atoms with Crippen LogP contribution < -0.4 is 4.74 Å². The molecule has 1 amide bonds. The zero-order chi connectivity index (χ0) is 18.5. The molecule has 1 aliphatic rings. The summed E-state index contributed by atoms with van der Waals surface area (Å²) in [6, 6.07) is 3.51. The molecule has 0 saturated carbocycles. The fourth-order valence-corrected chi connectivity index (χ4v) is 3.22. The van der Waals surface area contributed by atoms with Gasteiger partial charge in [-0.1, -0.05) is 12.1 Å². The van der Waals surface area contributed by atoms with Crippen LogP contribution in [0.1, 0.15) is 64.8 Å². The third-order valence-corrected chi connectivity index (χ3v) is 4.36. The second kappa shape index (κ2) is 8.29. The quantitative estimate of drug-likeness (QED) is 0.782. The van der Waals surface area contributed by atoms with Gasteiger partial charge in [-0.25, -0.2) is 4.98 Å². The van der Waals surface area contributed by atoms with E-state index in [2.05, 4.69) is 15.1 Å². The van der Waals surface area contributed by atoms with Crippen LogP contribution in [0.5, 0.6) is 5.75 Å². The van der Waals surface area contributed by atoms with Gasteiger partial charge in [0, 0.05) is 19.2 Å². The van der Waals surface area contributed by atoms with E-state index in [9.17, 15) is 4.79 Å². The van der Waals surface area contributed by atoms with Gasteiger partial charge in [0.2, 0.25) is 17.6 Å². The second-order valence-electron chi connectivity index (χ2n) is 6.82. The first-order chi connectivity index (χ1) is 12.6. The Kier molecular flexibility index (Phi) is 5.85. The maximum atomic E-state index is 12.4. The Morgan fingerprint density at radius 1 is 1.42 bits per heavy atom. The first kappa shape index (κ1) is 18.4. The second-order valence-corrected chi connectivity index (χ2v) is 6.82. The molecule has 1 atom stereocenters. The van der Waals surface area contributed by atoms with Crippen LogP contribution in [0.25, 0.3) is 11.5 Å². The van der Waals surface area contributed by atoms with E-state index in [1.807, 2.05) is 37.8 Å². The number of nitrogens with zero attached hydrogens (tertiary/aromatic N) is 4. The van der Waals surface area contributed by atoms with Gasteiger partial charge in [-0.15, -0.1) is 0 Å². The molecule has 2 aromatic heterocycles. The van der Waals surface area contributed by atoms with Gasteiger partial charge in [0.1, 0.15) is 11.8 Å². The van der Waals surface area contributed by atoms with Crippen molar-refractivity contribution in [2.24, 2.45) is 0 Å². The minimum atomic E-state index is -0.151. The molecule has 1 aliphatic heterocycles. The molecule has 0 radical (unpaired) electrons. The summed E-state index contributed by atoms with van der Waals surface area (Å²) in [6.07, 6.45) is 5.98. The first-order valence-electron chi connectivity index (χ1n) is 9.35. The number of hydrogen-bond acceptors (Lipinski definition) is 6. The average molecular weight is 358 g/mol. The molecule has 1 fully saturated rings. The summed E-state index contributed by atoms with van der Waals surface area (Å²) in [5.41, 5.74) is 0.554. The van der Waals surface area contributed by atoms with Crippen molar-refractivity contribution in [2.45, 2.75) is 65.0 Å². The molecule has 0 spiro atoms. The summed E-state index contributed by atoms with van der Waals surface area (Å²) in [6.45, 7) is 6.67. The molecule has 0 N–H and O–H groups in total. The zero-order valence-corrected chi connectivity index (χ0v) is 15.6. The lowest BCUT2D eigenvalue weighted by molar-refractivity contribution is -0.135. The lowest BCUT2D eigenvalue weighted by Crippen LogP contribution is -2.38. The number of rotatable bonds is 6. The highest BCUT2D eigenvalue weighted by Gasteiger charge is 2.32. The van der Waals surface area contributed by atoms with Gasteiger partial charge in [-0.2, -0.15) is 4.98 Å². The number of hydrogen-bond donors (Lipinski definition) is 0. The normalized spacial score (nSPS) is 17.5. The molecular formula is C19H26N4O3. The fraction of sp³-hybridized carbons (Fsp3) is 0.579. The maximum Gasteiger partial charge on any atom is 0.249 e. The number of amides is 1.